The van der Waals surface area contributed by atoms with Gasteiger partial charge in [-0.15, -0.1) is 0 Å². The van der Waals surface area contributed by atoms with E-state index in [4.69, 9.17) is 9.84 Å². The standard InChI is InChI=1S/C21H37N5O5S/c1-17-7-8-18(15-17)31-20-19(16-22-26(21(20)28)9-5-4-6-14-27)24-10-12-25(13-11-24)32(29,30)23(2)3/h16-18,27H,4-15H2,1-3H3. The number of aryl methyl sites for hydroxylation is 1. The van der Waals surface area contributed by atoms with E-state index in [1.807, 2.05) is 4.90 Å². The number of anilines is 1. The first kappa shape index (κ1) is 24.9. The molecule has 2 unspecified atom stereocenters. The van der Waals surface area contributed by atoms with E-state index in [9.17, 15) is 13.2 Å². The number of aliphatic hydroxyl groups is 1. The van der Waals surface area contributed by atoms with Crippen LogP contribution < -0.4 is 15.2 Å². The minimum absolute atomic E-state index is 0.0112. The Morgan fingerprint density at radius 3 is 2.47 bits per heavy atom. The summed E-state index contributed by atoms with van der Waals surface area (Å²) in [6.07, 6.45) is 6.91. The van der Waals surface area contributed by atoms with E-state index in [2.05, 4.69) is 12.0 Å². The Morgan fingerprint density at radius 2 is 1.88 bits per heavy atom. The smallest absolute Gasteiger partial charge is 0.311 e. The van der Waals surface area contributed by atoms with Gasteiger partial charge in [-0.25, -0.2) is 4.68 Å². The Morgan fingerprint density at radius 1 is 1.16 bits per heavy atom. The third-order valence-corrected chi connectivity index (χ3v) is 8.25. The monoisotopic (exact) mass is 471 g/mol. The summed E-state index contributed by atoms with van der Waals surface area (Å²) in [5.74, 6) is 0.899. The summed E-state index contributed by atoms with van der Waals surface area (Å²) in [4.78, 5) is 15.3. The maximum atomic E-state index is 13.3. The number of hydrogen-bond acceptors (Lipinski definition) is 7. The lowest BCUT2D eigenvalue weighted by atomic mass is 10.1. The number of nitrogens with zero attached hydrogens (tertiary/aromatic N) is 5. The summed E-state index contributed by atoms with van der Waals surface area (Å²) >= 11 is 0. The van der Waals surface area contributed by atoms with Crippen molar-refractivity contribution in [2.45, 2.75) is 58.1 Å². The lowest BCUT2D eigenvalue weighted by molar-refractivity contribution is 0.200. The predicted molar refractivity (Wildman–Crippen MR) is 123 cm³/mol. The second-order valence-corrected chi connectivity index (χ2v) is 11.1. The van der Waals surface area contributed by atoms with Crippen molar-refractivity contribution in [3.8, 4) is 5.75 Å². The summed E-state index contributed by atoms with van der Waals surface area (Å²) in [6.45, 7) is 4.42. The zero-order valence-electron chi connectivity index (χ0n) is 19.4. The number of rotatable bonds is 10. The Bertz CT molecular complexity index is 912. The first-order valence-corrected chi connectivity index (χ1v) is 12.9. The molecule has 11 heteroatoms. The fourth-order valence-corrected chi connectivity index (χ4v) is 5.41. The van der Waals surface area contributed by atoms with E-state index in [0.717, 1.165) is 32.1 Å². The highest BCUT2D eigenvalue weighted by molar-refractivity contribution is 7.86. The van der Waals surface area contributed by atoms with Crippen LogP contribution in [-0.4, -0.2) is 84.9 Å². The first-order chi connectivity index (χ1) is 15.2. The summed E-state index contributed by atoms with van der Waals surface area (Å²) in [5.41, 5.74) is 0.400. The molecular formula is C21H37N5O5S. The van der Waals surface area contributed by atoms with Crippen LogP contribution in [0.2, 0.25) is 0 Å². The van der Waals surface area contributed by atoms with Crippen molar-refractivity contribution in [3.05, 3.63) is 16.6 Å². The Hall–Kier alpha value is -1.69. The molecule has 0 aromatic carbocycles. The highest BCUT2D eigenvalue weighted by atomic mass is 32.2. The number of ether oxygens (including phenoxy) is 1. The van der Waals surface area contributed by atoms with Crippen LogP contribution in [0, 0.1) is 5.92 Å². The van der Waals surface area contributed by atoms with E-state index in [1.54, 1.807) is 6.20 Å². The molecule has 1 aromatic heterocycles. The van der Waals surface area contributed by atoms with Crippen molar-refractivity contribution in [1.82, 2.24) is 18.4 Å². The average molecular weight is 472 g/mol. The van der Waals surface area contributed by atoms with E-state index in [0.29, 0.717) is 56.5 Å². The van der Waals surface area contributed by atoms with Gasteiger partial charge in [0.1, 0.15) is 5.69 Å². The van der Waals surface area contributed by atoms with Gasteiger partial charge in [0.2, 0.25) is 5.75 Å². The van der Waals surface area contributed by atoms with Crippen LogP contribution in [0.15, 0.2) is 11.0 Å². The minimum Gasteiger partial charge on any atom is -0.483 e. The van der Waals surface area contributed by atoms with Gasteiger partial charge in [-0.3, -0.25) is 4.79 Å². The third kappa shape index (κ3) is 5.81. The second kappa shape index (κ2) is 11.0. The zero-order chi connectivity index (χ0) is 23.3. The SMILES string of the molecule is CC1CCC(Oc2c(N3CCN(S(=O)(=O)N(C)C)CC3)cnn(CCCCCO)c2=O)C1. The molecule has 1 saturated carbocycles. The van der Waals surface area contributed by atoms with Crippen molar-refractivity contribution in [2.75, 3.05) is 51.8 Å². The second-order valence-electron chi connectivity index (χ2n) is 9.01. The maximum absolute atomic E-state index is 13.3. The molecule has 32 heavy (non-hydrogen) atoms. The van der Waals surface area contributed by atoms with Gasteiger partial charge in [0, 0.05) is 53.4 Å². The molecule has 1 N–H and O–H groups in total. The van der Waals surface area contributed by atoms with Gasteiger partial charge in [0.05, 0.1) is 12.3 Å². The average Bonchev–Trinajstić information content (AvgIpc) is 3.18. The van der Waals surface area contributed by atoms with E-state index in [-0.39, 0.29) is 18.3 Å². The quantitative estimate of drug-likeness (QED) is 0.505. The first-order valence-electron chi connectivity index (χ1n) is 11.5. The molecular weight excluding hydrogens is 434 g/mol. The molecule has 182 valence electrons. The highest BCUT2D eigenvalue weighted by Gasteiger charge is 2.31. The van der Waals surface area contributed by atoms with E-state index in [1.165, 1.54) is 27.4 Å². The zero-order valence-corrected chi connectivity index (χ0v) is 20.3. The Labute approximate surface area is 190 Å². The van der Waals surface area contributed by atoms with Gasteiger partial charge in [-0.2, -0.15) is 22.1 Å². The molecule has 3 rings (SSSR count). The van der Waals surface area contributed by atoms with Crippen molar-refractivity contribution in [1.29, 1.82) is 0 Å². The molecule has 2 aliphatic rings. The number of hydrogen-bond donors (Lipinski definition) is 1. The van der Waals surface area contributed by atoms with E-state index < -0.39 is 10.2 Å². The summed E-state index contributed by atoms with van der Waals surface area (Å²) in [7, 11) is -0.405. The van der Waals surface area contributed by atoms with Crippen molar-refractivity contribution in [3.63, 3.8) is 0 Å². The molecule has 0 spiro atoms. The molecule has 1 saturated heterocycles. The molecule has 2 heterocycles. The predicted octanol–water partition coefficient (Wildman–Crippen LogP) is 0.902. The van der Waals surface area contributed by atoms with Crippen LogP contribution in [0.1, 0.15) is 45.4 Å². The fraction of sp³-hybridized carbons (Fsp3) is 0.810. The lowest BCUT2D eigenvalue weighted by Crippen LogP contribution is -2.52. The third-order valence-electron chi connectivity index (χ3n) is 6.31. The Kier molecular flexibility index (Phi) is 8.54. The Balaban J connectivity index is 1.80. The van der Waals surface area contributed by atoms with Gasteiger partial charge in [-0.1, -0.05) is 6.92 Å². The number of aliphatic hydroxyl groups excluding tert-OH is 1. The van der Waals surface area contributed by atoms with Crippen LogP contribution in [0.25, 0.3) is 0 Å². The summed E-state index contributed by atoms with van der Waals surface area (Å²) in [6, 6.07) is 0. The van der Waals surface area contributed by atoms with Crippen LogP contribution >= 0.6 is 0 Å². The van der Waals surface area contributed by atoms with Gasteiger partial charge in [0.25, 0.3) is 10.2 Å². The summed E-state index contributed by atoms with van der Waals surface area (Å²) < 4.78 is 35.2. The van der Waals surface area contributed by atoms with Gasteiger partial charge >= 0.3 is 5.56 Å². The van der Waals surface area contributed by atoms with Gasteiger partial charge in [-0.05, 0) is 44.4 Å². The van der Waals surface area contributed by atoms with Gasteiger partial charge < -0.3 is 14.7 Å². The molecule has 0 bridgehead atoms. The molecule has 10 nitrogen and oxygen atoms in total. The largest absolute Gasteiger partial charge is 0.483 e. The minimum atomic E-state index is -3.46. The molecule has 2 fully saturated rings. The highest BCUT2D eigenvalue weighted by Crippen LogP contribution is 2.32. The molecule has 1 aliphatic heterocycles. The number of aromatic nitrogens is 2. The molecule has 0 amide bonds. The van der Waals surface area contributed by atoms with Crippen molar-refractivity contribution in [2.24, 2.45) is 5.92 Å². The fourth-order valence-electron chi connectivity index (χ4n) is 4.33. The molecule has 2 atom stereocenters. The van der Waals surface area contributed by atoms with Crippen LogP contribution in [0.4, 0.5) is 5.69 Å². The normalized spacial score (nSPS) is 22.6. The lowest BCUT2D eigenvalue weighted by Gasteiger charge is -2.36. The maximum Gasteiger partial charge on any atom is 0.311 e. The molecule has 0 radical (unpaired) electrons. The van der Waals surface area contributed by atoms with Gasteiger partial charge in [0.15, 0.2) is 0 Å². The topological polar surface area (TPSA) is 108 Å². The van der Waals surface area contributed by atoms with Crippen LogP contribution in [0.5, 0.6) is 5.75 Å². The molecule has 1 aliphatic carbocycles. The summed E-state index contributed by atoms with van der Waals surface area (Å²) in [5, 5.41) is 13.3. The molecule has 1 aromatic rings. The van der Waals surface area contributed by atoms with Crippen LogP contribution in [-0.2, 0) is 16.8 Å². The van der Waals surface area contributed by atoms with Crippen molar-refractivity contribution >= 4 is 15.9 Å². The van der Waals surface area contributed by atoms with Crippen LogP contribution in [0.3, 0.4) is 0 Å². The number of piperazine rings is 1. The number of unbranched alkanes of at least 4 members (excludes halogenated alkanes) is 2. The van der Waals surface area contributed by atoms with E-state index >= 15 is 0 Å². The van der Waals surface area contributed by atoms with Crippen molar-refractivity contribution < 1.29 is 18.3 Å².